The maximum Gasteiger partial charge on any atom is 0.235 e. The van der Waals surface area contributed by atoms with Crippen LogP contribution in [0.25, 0.3) is 0 Å². The van der Waals surface area contributed by atoms with E-state index < -0.39 is 0 Å². The number of H-pyrrole nitrogens is 1. The fraction of sp³-hybridized carbons (Fsp3) is 0.529. The predicted molar refractivity (Wildman–Crippen MR) is 94.0 cm³/mol. The summed E-state index contributed by atoms with van der Waals surface area (Å²) < 4.78 is 0. The van der Waals surface area contributed by atoms with Crippen LogP contribution in [0.5, 0.6) is 0 Å². The first-order valence-electron chi connectivity index (χ1n) is 8.30. The van der Waals surface area contributed by atoms with Gasteiger partial charge in [0.2, 0.25) is 5.91 Å². The number of hydrogen-bond donors (Lipinski definition) is 1. The highest BCUT2D eigenvalue weighted by Gasteiger charge is 2.28. The molecule has 1 aliphatic rings. The molecule has 0 aliphatic carbocycles. The number of amides is 1. The van der Waals surface area contributed by atoms with Crippen molar-refractivity contribution in [2.45, 2.75) is 49.9 Å². The van der Waals surface area contributed by atoms with Gasteiger partial charge in [-0.2, -0.15) is 5.10 Å². The van der Waals surface area contributed by atoms with Crippen LogP contribution in [0.2, 0.25) is 0 Å². The van der Waals surface area contributed by atoms with Crippen LogP contribution in [0, 0.1) is 13.8 Å². The minimum atomic E-state index is -0.171. The Balaban J connectivity index is 1.56. The Hall–Kier alpha value is -1.89. The minimum absolute atomic E-state index is 0.171. The molecule has 0 spiro atoms. The number of rotatable bonds is 4. The summed E-state index contributed by atoms with van der Waals surface area (Å²) in [6.45, 7) is 7.42. The van der Waals surface area contributed by atoms with Crippen LogP contribution in [-0.4, -0.2) is 49.3 Å². The Morgan fingerprint density at radius 3 is 2.54 bits per heavy atom. The molecule has 128 valence electrons. The van der Waals surface area contributed by atoms with Crippen molar-refractivity contribution in [3.8, 4) is 0 Å². The molecule has 0 aromatic carbocycles. The van der Waals surface area contributed by atoms with Crippen LogP contribution in [0.4, 0.5) is 0 Å². The van der Waals surface area contributed by atoms with Crippen molar-refractivity contribution in [3.63, 3.8) is 0 Å². The lowest BCUT2D eigenvalue weighted by atomic mass is 9.93. The molecule has 0 saturated carbocycles. The smallest absolute Gasteiger partial charge is 0.235 e. The van der Waals surface area contributed by atoms with E-state index in [2.05, 4.69) is 20.2 Å². The first-order chi connectivity index (χ1) is 11.5. The number of aryl methyl sites for hydroxylation is 2. The van der Waals surface area contributed by atoms with E-state index >= 15 is 0 Å². The third-order valence-corrected chi connectivity index (χ3v) is 5.31. The van der Waals surface area contributed by atoms with Gasteiger partial charge in [0, 0.05) is 42.3 Å². The van der Waals surface area contributed by atoms with Crippen molar-refractivity contribution >= 4 is 17.7 Å². The molecular weight excluding hydrogens is 322 g/mol. The zero-order valence-corrected chi connectivity index (χ0v) is 15.1. The maximum absolute atomic E-state index is 12.7. The standard InChI is InChI=1S/C17H23N5OS/c1-11-10-12(2)20-17(19-11)24-13(3)16(23)22-8-5-14(6-9-22)15-4-7-18-21-15/h4,7,10,13-14H,5-6,8-9H2,1-3H3,(H,18,21)/t13-/m0/s1. The molecule has 0 unspecified atom stereocenters. The van der Waals surface area contributed by atoms with E-state index in [0.717, 1.165) is 37.3 Å². The highest BCUT2D eigenvalue weighted by atomic mass is 32.2. The Kier molecular flexibility index (Phi) is 5.18. The van der Waals surface area contributed by atoms with Gasteiger partial charge in [-0.25, -0.2) is 9.97 Å². The van der Waals surface area contributed by atoms with Crippen LogP contribution in [0.3, 0.4) is 0 Å². The Labute approximate surface area is 146 Å². The fourth-order valence-electron chi connectivity index (χ4n) is 3.12. The van der Waals surface area contributed by atoms with Gasteiger partial charge in [-0.05, 0) is 45.7 Å². The van der Waals surface area contributed by atoms with E-state index in [1.165, 1.54) is 17.5 Å². The first kappa shape index (κ1) is 17.0. The Morgan fingerprint density at radius 2 is 1.96 bits per heavy atom. The zero-order valence-electron chi connectivity index (χ0n) is 14.3. The van der Waals surface area contributed by atoms with E-state index in [1.807, 2.05) is 37.8 Å². The van der Waals surface area contributed by atoms with Crippen molar-refractivity contribution in [3.05, 3.63) is 35.4 Å². The molecule has 1 amide bonds. The second-order valence-corrected chi connectivity index (χ2v) is 7.61. The summed E-state index contributed by atoms with van der Waals surface area (Å²) in [6.07, 6.45) is 3.74. The molecular formula is C17H23N5OS. The van der Waals surface area contributed by atoms with Crippen LogP contribution in [0.1, 0.15) is 42.8 Å². The summed E-state index contributed by atoms with van der Waals surface area (Å²) in [4.78, 5) is 23.5. The number of carbonyl (C=O) groups is 1. The van der Waals surface area contributed by atoms with Gasteiger partial charge in [0.25, 0.3) is 0 Å². The van der Waals surface area contributed by atoms with Gasteiger partial charge in [-0.15, -0.1) is 0 Å². The molecule has 1 fully saturated rings. The van der Waals surface area contributed by atoms with Gasteiger partial charge in [0.15, 0.2) is 5.16 Å². The lowest BCUT2D eigenvalue weighted by molar-refractivity contribution is -0.131. The van der Waals surface area contributed by atoms with Gasteiger partial charge < -0.3 is 4.90 Å². The summed E-state index contributed by atoms with van der Waals surface area (Å²) in [5.74, 6) is 0.646. The number of likely N-dealkylation sites (tertiary alicyclic amines) is 1. The lowest BCUT2D eigenvalue weighted by Gasteiger charge is -2.32. The van der Waals surface area contributed by atoms with Crippen LogP contribution in [-0.2, 0) is 4.79 Å². The fourth-order valence-corrected chi connectivity index (χ4v) is 4.08. The summed E-state index contributed by atoms with van der Waals surface area (Å²) in [7, 11) is 0. The summed E-state index contributed by atoms with van der Waals surface area (Å²) in [5, 5.41) is 7.57. The molecule has 1 saturated heterocycles. The Bertz CT molecular complexity index is 675. The highest BCUT2D eigenvalue weighted by molar-refractivity contribution is 8.00. The van der Waals surface area contributed by atoms with Gasteiger partial charge in [-0.1, -0.05) is 11.8 Å². The number of thioether (sulfide) groups is 1. The summed E-state index contributed by atoms with van der Waals surface area (Å²) in [5.41, 5.74) is 3.04. The SMILES string of the molecule is Cc1cc(C)nc(S[C@@H](C)C(=O)N2CCC(c3ccn[nH]3)CC2)n1. The average Bonchev–Trinajstić information content (AvgIpc) is 3.07. The number of nitrogens with one attached hydrogen (secondary N) is 1. The molecule has 24 heavy (non-hydrogen) atoms. The van der Waals surface area contributed by atoms with E-state index in [1.54, 1.807) is 6.20 Å². The van der Waals surface area contributed by atoms with E-state index in [9.17, 15) is 4.79 Å². The molecule has 1 N–H and O–H groups in total. The second kappa shape index (κ2) is 7.34. The van der Waals surface area contributed by atoms with Crippen molar-refractivity contribution in [1.82, 2.24) is 25.1 Å². The van der Waals surface area contributed by atoms with Crippen molar-refractivity contribution in [2.75, 3.05) is 13.1 Å². The third-order valence-electron chi connectivity index (χ3n) is 4.36. The lowest BCUT2D eigenvalue weighted by Crippen LogP contribution is -2.41. The molecule has 2 aromatic rings. The monoisotopic (exact) mass is 345 g/mol. The second-order valence-electron chi connectivity index (χ2n) is 6.30. The molecule has 1 atom stereocenters. The van der Waals surface area contributed by atoms with Gasteiger partial charge in [0.1, 0.15) is 0 Å². The molecule has 6 nitrogen and oxygen atoms in total. The van der Waals surface area contributed by atoms with Gasteiger partial charge >= 0.3 is 0 Å². The Morgan fingerprint density at radius 1 is 1.29 bits per heavy atom. The largest absolute Gasteiger partial charge is 0.342 e. The van der Waals surface area contributed by atoms with Crippen molar-refractivity contribution in [1.29, 1.82) is 0 Å². The molecule has 1 aliphatic heterocycles. The number of aromatic amines is 1. The topological polar surface area (TPSA) is 74.8 Å². The molecule has 3 heterocycles. The molecule has 2 aromatic heterocycles. The van der Waals surface area contributed by atoms with Crippen molar-refractivity contribution in [2.24, 2.45) is 0 Å². The van der Waals surface area contributed by atoms with E-state index in [-0.39, 0.29) is 11.2 Å². The third kappa shape index (κ3) is 3.95. The van der Waals surface area contributed by atoms with Crippen molar-refractivity contribution < 1.29 is 4.79 Å². The number of carbonyl (C=O) groups excluding carboxylic acids is 1. The average molecular weight is 345 g/mol. The first-order valence-corrected chi connectivity index (χ1v) is 9.18. The molecule has 0 radical (unpaired) electrons. The summed E-state index contributed by atoms with van der Waals surface area (Å²) in [6, 6.07) is 3.97. The normalized spacial score (nSPS) is 17.0. The number of aromatic nitrogens is 4. The van der Waals surface area contributed by atoms with E-state index in [0.29, 0.717) is 11.1 Å². The number of nitrogens with zero attached hydrogens (tertiary/aromatic N) is 4. The van der Waals surface area contributed by atoms with Gasteiger partial charge in [-0.3, -0.25) is 9.89 Å². The summed E-state index contributed by atoms with van der Waals surface area (Å²) >= 11 is 1.44. The molecule has 3 rings (SSSR count). The maximum atomic E-state index is 12.7. The van der Waals surface area contributed by atoms with Crippen LogP contribution in [0.15, 0.2) is 23.5 Å². The molecule has 7 heteroatoms. The van der Waals surface area contributed by atoms with E-state index in [4.69, 9.17) is 0 Å². The van der Waals surface area contributed by atoms with Crippen LogP contribution < -0.4 is 0 Å². The predicted octanol–water partition coefficient (Wildman–Crippen LogP) is 2.70. The minimum Gasteiger partial charge on any atom is -0.342 e. The van der Waals surface area contributed by atoms with Gasteiger partial charge in [0.05, 0.1) is 5.25 Å². The zero-order chi connectivity index (χ0) is 17.1. The molecule has 0 bridgehead atoms. The quantitative estimate of drug-likeness (QED) is 0.681. The highest BCUT2D eigenvalue weighted by Crippen LogP contribution is 2.28. The van der Waals surface area contributed by atoms with Crippen LogP contribution >= 0.6 is 11.8 Å². The number of hydrogen-bond acceptors (Lipinski definition) is 5. The number of piperidine rings is 1.